The van der Waals surface area contributed by atoms with Gasteiger partial charge < -0.3 is 10.2 Å². The average molecular weight is 362 g/mol. The van der Waals surface area contributed by atoms with Crippen LogP contribution >= 0.6 is 22.9 Å². The molecule has 1 aliphatic carbocycles. The van der Waals surface area contributed by atoms with E-state index in [9.17, 15) is 0 Å². The summed E-state index contributed by atoms with van der Waals surface area (Å²) in [6.45, 7) is 5.23. The Morgan fingerprint density at radius 3 is 2.88 bits per heavy atom. The monoisotopic (exact) mass is 361 g/mol. The number of aromatic nitrogens is 1. The molecule has 0 radical (unpaired) electrons. The first-order valence-electron chi connectivity index (χ1n) is 8.31. The fourth-order valence-corrected chi connectivity index (χ4v) is 4.52. The normalized spacial score (nSPS) is 15.8. The van der Waals surface area contributed by atoms with Crippen molar-refractivity contribution in [2.75, 3.05) is 26.0 Å². The lowest BCUT2D eigenvalue weighted by Gasteiger charge is -2.19. The third kappa shape index (κ3) is 3.51. The molecule has 0 fully saturated rings. The molecule has 1 N–H and O–H groups in total. The largest absolute Gasteiger partial charge is 0.380 e. The van der Waals surface area contributed by atoms with Gasteiger partial charge in [0.2, 0.25) is 0 Å². The fraction of sp³-hybridized carbons (Fsp3) is 0.421. The van der Waals surface area contributed by atoms with Gasteiger partial charge in [0.05, 0.1) is 15.9 Å². The number of nitrogens with zero attached hydrogens (tertiary/aromatic N) is 2. The van der Waals surface area contributed by atoms with E-state index < -0.39 is 0 Å². The Hall–Kier alpha value is -1.36. The molecule has 5 heteroatoms. The van der Waals surface area contributed by atoms with Gasteiger partial charge in [0, 0.05) is 23.5 Å². The van der Waals surface area contributed by atoms with Gasteiger partial charge in [-0.25, -0.2) is 4.98 Å². The minimum atomic E-state index is 0.363. The van der Waals surface area contributed by atoms with E-state index in [0.717, 1.165) is 30.6 Å². The van der Waals surface area contributed by atoms with Crippen molar-refractivity contribution in [3.63, 3.8) is 0 Å². The Balaban J connectivity index is 1.96. The molecule has 1 aliphatic rings. The molecule has 3 rings (SSSR count). The molecule has 128 valence electrons. The molecule has 3 nitrogen and oxygen atoms in total. The average Bonchev–Trinajstić information content (AvgIpc) is 2.90. The van der Waals surface area contributed by atoms with E-state index in [0.29, 0.717) is 11.2 Å². The Morgan fingerprint density at radius 1 is 1.42 bits per heavy atom. The van der Waals surface area contributed by atoms with Crippen LogP contribution in [0.25, 0.3) is 10.2 Å². The van der Waals surface area contributed by atoms with E-state index in [2.05, 4.69) is 61.4 Å². The molecule has 24 heavy (non-hydrogen) atoms. The second-order valence-electron chi connectivity index (χ2n) is 6.55. The standard InChI is InChI=1S/C19H24ClN3S/c1-12-17-19(24-18(12)13(2)23(3)4)15(10-16(20)22-17)21-11-14-8-6-5-7-9-14/h5-6,8,10,13H,7,9,11H2,1-4H3,(H,21,22)/t13-/m0/s1. The van der Waals surface area contributed by atoms with E-state index in [1.165, 1.54) is 20.7 Å². The van der Waals surface area contributed by atoms with E-state index in [1.54, 1.807) is 0 Å². The zero-order valence-corrected chi connectivity index (χ0v) is 16.3. The van der Waals surface area contributed by atoms with Crippen molar-refractivity contribution in [2.24, 2.45) is 0 Å². The van der Waals surface area contributed by atoms with Gasteiger partial charge in [0.1, 0.15) is 5.15 Å². The number of allylic oxidation sites excluding steroid dienone is 3. The van der Waals surface area contributed by atoms with Crippen LogP contribution in [0.3, 0.4) is 0 Å². The first-order chi connectivity index (χ1) is 11.5. The Kier molecular flexibility index (Phi) is 5.28. The number of hydrogen-bond donors (Lipinski definition) is 1. The van der Waals surface area contributed by atoms with Crippen LogP contribution in [0.1, 0.15) is 36.2 Å². The van der Waals surface area contributed by atoms with Crippen molar-refractivity contribution >= 4 is 38.8 Å². The van der Waals surface area contributed by atoms with Crippen LogP contribution in [0, 0.1) is 6.92 Å². The maximum Gasteiger partial charge on any atom is 0.131 e. The maximum absolute atomic E-state index is 6.29. The predicted molar refractivity (Wildman–Crippen MR) is 106 cm³/mol. The number of thiophene rings is 1. The first kappa shape index (κ1) is 17.5. The van der Waals surface area contributed by atoms with Crippen LogP contribution in [0.2, 0.25) is 5.15 Å². The molecule has 0 aromatic carbocycles. The van der Waals surface area contributed by atoms with Gasteiger partial charge in [-0.2, -0.15) is 0 Å². The topological polar surface area (TPSA) is 28.2 Å². The Morgan fingerprint density at radius 2 is 2.21 bits per heavy atom. The summed E-state index contributed by atoms with van der Waals surface area (Å²) in [5.74, 6) is 0. The van der Waals surface area contributed by atoms with Gasteiger partial charge in [-0.05, 0) is 46.3 Å². The van der Waals surface area contributed by atoms with Crippen LogP contribution in [-0.4, -0.2) is 30.5 Å². The van der Waals surface area contributed by atoms with Crippen molar-refractivity contribution in [1.82, 2.24) is 9.88 Å². The highest BCUT2D eigenvalue weighted by molar-refractivity contribution is 7.20. The smallest absolute Gasteiger partial charge is 0.131 e. The van der Waals surface area contributed by atoms with Crippen molar-refractivity contribution in [1.29, 1.82) is 0 Å². The predicted octanol–water partition coefficient (Wildman–Crippen LogP) is 5.57. The molecule has 2 aromatic rings. The molecule has 0 aliphatic heterocycles. The van der Waals surface area contributed by atoms with Crippen LogP contribution in [0.4, 0.5) is 5.69 Å². The van der Waals surface area contributed by atoms with E-state index in [1.807, 2.05) is 17.4 Å². The van der Waals surface area contributed by atoms with Crippen molar-refractivity contribution in [3.8, 4) is 0 Å². The molecule has 2 heterocycles. The molecule has 0 unspecified atom stereocenters. The van der Waals surface area contributed by atoms with Gasteiger partial charge in [0.15, 0.2) is 0 Å². The lowest BCUT2D eigenvalue weighted by molar-refractivity contribution is 0.325. The third-order valence-electron chi connectivity index (χ3n) is 4.64. The number of pyridine rings is 1. The van der Waals surface area contributed by atoms with Crippen LogP contribution in [-0.2, 0) is 0 Å². The number of hydrogen-bond acceptors (Lipinski definition) is 4. The van der Waals surface area contributed by atoms with Crippen LogP contribution < -0.4 is 5.32 Å². The number of fused-ring (bicyclic) bond motifs is 1. The van der Waals surface area contributed by atoms with Crippen molar-refractivity contribution < 1.29 is 0 Å². The maximum atomic E-state index is 6.29. The van der Waals surface area contributed by atoms with E-state index in [4.69, 9.17) is 11.6 Å². The summed E-state index contributed by atoms with van der Waals surface area (Å²) in [5.41, 5.74) is 4.78. The molecule has 0 amide bonds. The van der Waals surface area contributed by atoms with Gasteiger partial charge in [-0.3, -0.25) is 0 Å². The van der Waals surface area contributed by atoms with Crippen molar-refractivity contribution in [2.45, 2.75) is 32.7 Å². The lowest BCUT2D eigenvalue weighted by Crippen LogP contribution is -2.16. The summed E-state index contributed by atoms with van der Waals surface area (Å²) < 4.78 is 1.20. The number of halogens is 1. The highest BCUT2D eigenvalue weighted by Crippen LogP contribution is 2.40. The molecule has 0 saturated heterocycles. The minimum Gasteiger partial charge on any atom is -0.380 e. The molecule has 0 saturated carbocycles. The van der Waals surface area contributed by atoms with Crippen molar-refractivity contribution in [3.05, 3.63) is 45.5 Å². The third-order valence-corrected chi connectivity index (χ3v) is 6.32. The number of nitrogens with one attached hydrogen (secondary N) is 1. The number of aryl methyl sites for hydroxylation is 1. The van der Waals surface area contributed by atoms with Gasteiger partial charge in [0.25, 0.3) is 0 Å². The van der Waals surface area contributed by atoms with Crippen LogP contribution in [0.5, 0.6) is 0 Å². The highest BCUT2D eigenvalue weighted by atomic mass is 35.5. The number of anilines is 1. The van der Waals surface area contributed by atoms with E-state index in [-0.39, 0.29) is 0 Å². The summed E-state index contributed by atoms with van der Waals surface area (Å²) in [4.78, 5) is 8.17. The highest BCUT2D eigenvalue weighted by Gasteiger charge is 2.19. The zero-order chi connectivity index (χ0) is 17.3. The zero-order valence-electron chi connectivity index (χ0n) is 14.7. The minimum absolute atomic E-state index is 0.363. The number of rotatable bonds is 5. The summed E-state index contributed by atoms with van der Waals surface area (Å²) in [6.07, 6.45) is 8.81. The molecule has 0 bridgehead atoms. The van der Waals surface area contributed by atoms with E-state index >= 15 is 0 Å². The Bertz CT molecular complexity index is 805. The summed E-state index contributed by atoms with van der Waals surface area (Å²) in [6, 6.07) is 2.31. The molecule has 1 atom stereocenters. The Labute approximate surface area is 153 Å². The SMILES string of the molecule is Cc1c([C@H](C)N(C)C)sc2c(NCC3=CC=CCC3)cc(Cl)nc12. The first-order valence-corrected chi connectivity index (χ1v) is 9.51. The summed E-state index contributed by atoms with van der Waals surface area (Å²) in [5, 5.41) is 4.13. The second-order valence-corrected chi connectivity index (χ2v) is 7.99. The molecular weight excluding hydrogens is 338 g/mol. The van der Waals surface area contributed by atoms with Gasteiger partial charge in [-0.15, -0.1) is 11.3 Å². The quantitative estimate of drug-likeness (QED) is 0.705. The van der Waals surface area contributed by atoms with Gasteiger partial charge >= 0.3 is 0 Å². The summed E-state index contributed by atoms with van der Waals surface area (Å²) in [7, 11) is 4.22. The summed E-state index contributed by atoms with van der Waals surface area (Å²) >= 11 is 8.11. The molecular formula is C19H24ClN3S. The van der Waals surface area contributed by atoms with Gasteiger partial charge in [-0.1, -0.05) is 35.4 Å². The lowest BCUT2D eigenvalue weighted by atomic mass is 10.1. The molecule has 0 spiro atoms. The van der Waals surface area contributed by atoms with Crippen LogP contribution in [0.15, 0.2) is 29.9 Å². The fourth-order valence-electron chi connectivity index (χ4n) is 2.94. The molecule has 2 aromatic heterocycles. The second kappa shape index (κ2) is 7.26.